The normalized spacial score (nSPS) is 9.88. The number of nitriles is 1. The third-order valence-electron chi connectivity index (χ3n) is 3.60. The molecular weight excluding hydrogens is 316 g/mol. The Morgan fingerprint density at radius 3 is 2.16 bits per heavy atom. The van der Waals surface area contributed by atoms with E-state index in [1.807, 2.05) is 47.3 Å². The summed E-state index contributed by atoms with van der Waals surface area (Å²) in [5, 5.41) is 8.76. The van der Waals surface area contributed by atoms with Gasteiger partial charge in [0.25, 0.3) is 11.8 Å². The van der Waals surface area contributed by atoms with Crippen LogP contribution in [0.4, 0.5) is 0 Å². The van der Waals surface area contributed by atoms with Gasteiger partial charge in [-0.15, -0.1) is 0 Å². The third kappa shape index (κ3) is 3.57. The fourth-order valence-electron chi connectivity index (χ4n) is 2.34. The van der Waals surface area contributed by atoms with Crippen LogP contribution in [0.5, 0.6) is 0 Å². The molecule has 1 heterocycles. The van der Waals surface area contributed by atoms with Crippen LogP contribution in [0.2, 0.25) is 0 Å². The highest BCUT2D eigenvalue weighted by Crippen LogP contribution is 2.14. The average Bonchev–Trinajstić information content (AvgIpc) is 3.20. The minimum atomic E-state index is -0.462. The van der Waals surface area contributed by atoms with Crippen molar-refractivity contribution in [1.29, 1.82) is 5.26 Å². The van der Waals surface area contributed by atoms with Gasteiger partial charge in [0, 0.05) is 18.0 Å². The molecule has 0 radical (unpaired) electrons. The van der Waals surface area contributed by atoms with Gasteiger partial charge in [0.05, 0.1) is 22.9 Å². The van der Waals surface area contributed by atoms with Crippen LogP contribution < -0.4 is 10.9 Å². The van der Waals surface area contributed by atoms with Gasteiger partial charge in [-0.2, -0.15) is 5.26 Å². The van der Waals surface area contributed by atoms with Crippen molar-refractivity contribution in [3.8, 4) is 11.8 Å². The Labute approximate surface area is 144 Å². The van der Waals surface area contributed by atoms with Gasteiger partial charge >= 0.3 is 0 Å². The smallest absolute Gasteiger partial charge is 0.271 e. The number of nitrogens with one attached hydrogen (secondary N) is 2. The Morgan fingerprint density at radius 2 is 1.48 bits per heavy atom. The molecule has 0 aliphatic rings. The van der Waals surface area contributed by atoms with Crippen molar-refractivity contribution in [1.82, 2.24) is 15.4 Å². The van der Waals surface area contributed by atoms with Crippen molar-refractivity contribution < 1.29 is 9.59 Å². The zero-order valence-electron chi connectivity index (χ0n) is 13.1. The number of rotatable bonds is 3. The molecule has 122 valence electrons. The van der Waals surface area contributed by atoms with E-state index in [4.69, 9.17) is 5.26 Å². The first-order valence-corrected chi connectivity index (χ1v) is 7.52. The van der Waals surface area contributed by atoms with Crippen molar-refractivity contribution in [3.05, 3.63) is 89.7 Å². The fraction of sp³-hybridized carbons (Fsp3) is 0. The van der Waals surface area contributed by atoms with E-state index >= 15 is 0 Å². The van der Waals surface area contributed by atoms with E-state index in [0.717, 1.165) is 0 Å². The molecule has 2 amide bonds. The molecule has 0 bridgehead atoms. The van der Waals surface area contributed by atoms with Crippen LogP contribution in [0.15, 0.2) is 73.1 Å². The molecule has 0 fully saturated rings. The third-order valence-corrected chi connectivity index (χ3v) is 3.60. The topological polar surface area (TPSA) is 86.9 Å². The van der Waals surface area contributed by atoms with E-state index < -0.39 is 11.8 Å². The lowest BCUT2D eigenvalue weighted by atomic mass is 10.1. The Hall–Kier alpha value is -3.85. The second-order valence-corrected chi connectivity index (χ2v) is 5.20. The number of para-hydroxylation sites is 1. The Morgan fingerprint density at radius 1 is 0.840 bits per heavy atom. The predicted molar refractivity (Wildman–Crippen MR) is 91.9 cm³/mol. The molecule has 0 aliphatic carbocycles. The molecule has 0 aliphatic heterocycles. The predicted octanol–water partition coefficient (Wildman–Crippen LogP) is 2.42. The van der Waals surface area contributed by atoms with Gasteiger partial charge in [-0.3, -0.25) is 20.4 Å². The maximum Gasteiger partial charge on any atom is 0.271 e. The molecule has 0 spiro atoms. The molecule has 25 heavy (non-hydrogen) atoms. The van der Waals surface area contributed by atoms with Crippen LogP contribution in [0.3, 0.4) is 0 Å². The molecule has 3 rings (SSSR count). The number of hydrogen-bond acceptors (Lipinski definition) is 3. The number of carbonyl (C=O) groups is 2. The summed E-state index contributed by atoms with van der Waals surface area (Å²) in [7, 11) is 0. The molecule has 0 atom stereocenters. The van der Waals surface area contributed by atoms with Crippen molar-refractivity contribution in [2.24, 2.45) is 0 Å². The molecule has 6 nitrogen and oxygen atoms in total. The monoisotopic (exact) mass is 330 g/mol. The summed E-state index contributed by atoms with van der Waals surface area (Å²) >= 11 is 0. The lowest BCUT2D eigenvalue weighted by Gasteiger charge is -2.12. The quantitative estimate of drug-likeness (QED) is 0.723. The molecule has 6 heteroatoms. The van der Waals surface area contributed by atoms with E-state index in [0.29, 0.717) is 22.4 Å². The minimum Gasteiger partial charge on any atom is -0.323 e. The van der Waals surface area contributed by atoms with Crippen LogP contribution in [0.25, 0.3) is 5.69 Å². The lowest BCUT2D eigenvalue weighted by molar-refractivity contribution is 0.0846. The summed E-state index contributed by atoms with van der Waals surface area (Å²) in [5.74, 6) is -0.886. The molecule has 2 aromatic carbocycles. The first kappa shape index (κ1) is 16.0. The summed E-state index contributed by atoms with van der Waals surface area (Å²) in [6.07, 6.45) is 3.67. The van der Waals surface area contributed by atoms with Crippen molar-refractivity contribution in [2.45, 2.75) is 0 Å². The van der Waals surface area contributed by atoms with Gasteiger partial charge in [0.15, 0.2) is 0 Å². The maximum absolute atomic E-state index is 12.4. The Balaban J connectivity index is 1.71. The highest BCUT2D eigenvalue weighted by Gasteiger charge is 2.13. The fourth-order valence-corrected chi connectivity index (χ4v) is 2.34. The molecule has 2 N–H and O–H groups in total. The molecule has 0 saturated heterocycles. The number of hydrogen-bond donors (Lipinski definition) is 2. The highest BCUT2D eigenvalue weighted by atomic mass is 16.2. The van der Waals surface area contributed by atoms with Crippen molar-refractivity contribution in [2.75, 3.05) is 0 Å². The highest BCUT2D eigenvalue weighted by molar-refractivity contribution is 6.01. The molecule has 3 aromatic rings. The molecule has 0 unspecified atom stereocenters. The van der Waals surface area contributed by atoms with Crippen LogP contribution in [-0.2, 0) is 0 Å². The summed E-state index contributed by atoms with van der Waals surface area (Å²) in [6.45, 7) is 0. The van der Waals surface area contributed by atoms with Crippen LogP contribution in [0, 0.1) is 11.3 Å². The second-order valence-electron chi connectivity index (χ2n) is 5.20. The van der Waals surface area contributed by atoms with E-state index in [-0.39, 0.29) is 0 Å². The lowest BCUT2D eigenvalue weighted by Crippen LogP contribution is -2.41. The second kappa shape index (κ2) is 7.15. The van der Waals surface area contributed by atoms with Gasteiger partial charge in [-0.25, -0.2) is 0 Å². The molecule has 1 aromatic heterocycles. The number of carbonyl (C=O) groups excluding carboxylic acids is 2. The van der Waals surface area contributed by atoms with Gasteiger partial charge in [-0.1, -0.05) is 12.1 Å². The Bertz CT molecular complexity index is 938. The van der Waals surface area contributed by atoms with Crippen molar-refractivity contribution in [3.63, 3.8) is 0 Å². The molecule has 0 saturated carbocycles. The van der Waals surface area contributed by atoms with Crippen LogP contribution in [-0.4, -0.2) is 16.4 Å². The Kier molecular flexibility index (Phi) is 4.58. The molecular formula is C19H14N4O2. The average molecular weight is 330 g/mol. The number of nitrogens with zero attached hydrogens (tertiary/aromatic N) is 2. The SMILES string of the molecule is N#Cc1ccc(C(=O)NNC(=O)c2ccccc2-n2cccc2)cc1. The summed E-state index contributed by atoms with van der Waals surface area (Å²) in [4.78, 5) is 24.5. The van der Waals surface area contributed by atoms with E-state index in [9.17, 15) is 9.59 Å². The number of hydrazine groups is 1. The zero-order chi connectivity index (χ0) is 17.6. The summed E-state index contributed by atoms with van der Waals surface area (Å²) in [5.41, 5.74) is 6.73. The van der Waals surface area contributed by atoms with Gasteiger partial charge in [0.1, 0.15) is 0 Å². The van der Waals surface area contributed by atoms with E-state index in [2.05, 4.69) is 10.9 Å². The number of aromatic nitrogens is 1. The number of benzene rings is 2. The first-order chi connectivity index (χ1) is 12.2. The summed E-state index contributed by atoms with van der Waals surface area (Å²) < 4.78 is 1.82. The minimum absolute atomic E-state index is 0.345. The van der Waals surface area contributed by atoms with E-state index in [1.54, 1.807) is 12.1 Å². The summed E-state index contributed by atoms with van der Waals surface area (Å²) in [6, 6.07) is 18.9. The maximum atomic E-state index is 12.4. The largest absolute Gasteiger partial charge is 0.323 e. The van der Waals surface area contributed by atoms with Crippen LogP contribution >= 0.6 is 0 Å². The van der Waals surface area contributed by atoms with Crippen LogP contribution in [0.1, 0.15) is 26.3 Å². The van der Waals surface area contributed by atoms with Gasteiger partial charge in [0.2, 0.25) is 0 Å². The van der Waals surface area contributed by atoms with Crippen molar-refractivity contribution >= 4 is 11.8 Å². The standard InChI is InChI=1S/C19H14N4O2/c20-13-14-7-9-15(10-8-14)18(24)21-22-19(25)16-5-1-2-6-17(16)23-11-3-4-12-23/h1-12H,(H,21,24)(H,22,25). The van der Waals surface area contributed by atoms with Gasteiger partial charge in [-0.05, 0) is 48.5 Å². The van der Waals surface area contributed by atoms with E-state index in [1.165, 1.54) is 24.3 Å². The first-order valence-electron chi connectivity index (χ1n) is 7.52. The number of amides is 2. The zero-order valence-corrected chi connectivity index (χ0v) is 13.1. The van der Waals surface area contributed by atoms with Gasteiger partial charge < -0.3 is 4.57 Å².